The summed E-state index contributed by atoms with van der Waals surface area (Å²) >= 11 is 0. The molecule has 1 atom stereocenters. The molecule has 0 aromatic heterocycles. The van der Waals surface area contributed by atoms with E-state index in [9.17, 15) is 18.3 Å². The van der Waals surface area contributed by atoms with Crippen molar-refractivity contribution in [2.24, 2.45) is 10.4 Å². The summed E-state index contributed by atoms with van der Waals surface area (Å²) in [5.74, 6) is -0.0361. The standard InChI is InChI=1S/C19H29F3N2O2/c1-8-24(6)12-23-15-10-16(26-7)14(9-13(15)2)18(25,19(20,21)22)11-17(3,4)5/h9-10,12,25H,8,11H2,1-7H3/b23-12+. The van der Waals surface area contributed by atoms with Gasteiger partial charge in [0.2, 0.25) is 0 Å². The van der Waals surface area contributed by atoms with Crippen molar-refractivity contribution in [1.82, 2.24) is 4.90 Å². The molecule has 1 aromatic rings. The van der Waals surface area contributed by atoms with E-state index < -0.39 is 23.6 Å². The van der Waals surface area contributed by atoms with E-state index in [2.05, 4.69) is 4.99 Å². The minimum atomic E-state index is -4.84. The molecule has 0 saturated heterocycles. The van der Waals surface area contributed by atoms with Crippen LogP contribution in [-0.2, 0) is 5.60 Å². The van der Waals surface area contributed by atoms with Gasteiger partial charge in [-0.05, 0) is 37.3 Å². The van der Waals surface area contributed by atoms with E-state index >= 15 is 0 Å². The second-order valence-electron chi connectivity index (χ2n) is 7.75. The highest BCUT2D eigenvalue weighted by Crippen LogP contribution is 2.50. The van der Waals surface area contributed by atoms with Crippen LogP contribution in [0.15, 0.2) is 17.1 Å². The Labute approximate surface area is 153 Å². The molecular weight excluding hydrogens is 345 g/mol. The van der Waals surface area contributed by atoms with Gasteiger partial charge in [0.05, 0.1) is 19.1 Å². The van der Waals surface area contributed by atoms with Gasteiger partial charge >= 0.3 is 6.18 Å². The summed E-state index contributed by atoms with van der Waals surface area (Å²) < 4.78 is 46.7. The summed E-state index contributed by atoms with van der Waals surface area (Å²) in [6, 6.07) is 2.75. The maximum absolute atomic E-state index is 13.8. The molecule has 0 spiro atoms. The Kier molecular flexibility index (Phi) is 6.74. The first-order valence-electron chi connectivity index (χ1n) is 8.48. The van der Waals surface area contributed by atoms with E-state index in [1.807, 2.05) is 18.9 Å². The third-order valence-electron chi connectivity index (χ3n) is 4.11. The number of hydrogen-bond donors (Lipinski definition) is 1. The molecule has 26 heavy (non-hydrogen) atoms. The summed E-state index contributed by atoms with van der Waals surface area (Å²) in [7, 11) is 3.13. The van der Waals surface area contributed by atoms with E-state index in [-0.39, 0.29) is 11.3 Å². The van der Waals surface area contributed by atoms with Crippen molar-refractivity contribution in [2.45, 2.75) is 52.8 Å². The van der Waals surface area contributed by atoms with Crippen LogP contribution in [0.1, 0.15) is 45.2 Å². The van der Waals surface area contributed by atoms with Crippen molar-refractivity contribution in [2.75, 3.05) is 20.7 Å². The van der Waals surface area contributed by atoms with Crippen molar-refractivity contribution < 1.29 is 23.0 Å². The zero-order valence-electron chi connectivity index (χ0n) is 16.5. The molecule has 1 rings (SSSR count). The van der Waals surface area contributed by atoms with Gasteiger partial charge in [-0.3, -0.25) is 0 Å². The van der Waals surface area contributed by atoms with Crippen molar-refractivity contribution in [3.05, 3.63) is 23.3 Å². The quantitative estimate of drug-likeness (QED) is 0.575. The van der Waals surface area contributed by atoms with Crippen LogP contribution < -0.4 is 4.74 Å². The maximum atomic E-state index is 13.8. The van der Waals surface area contributed by atoms with Gasteiger partial charge in [-0.15, -0.1) is 0 Å². The van der Waals surface area contributed by atoms with Gasteiger partial charge < -0.3 is 14.7 Å². The van der Waals surface area contributed by atoms with E-state index in [4.69, 9.17) is 4.74 Å². The first-order valence-corrected chi connectivity index (χ1v) is 8.48. The van der Waals surface area contributed by atoms with Crippen LogP contribution in [0, 0.1) is 12.3 Å². The molecule has 0 fully saturated rings. The number of methoxy groups -OCH3 is 1. The van der Waals surface area contributed by atoms with Crippen molar-refractivity contribution in [3.8, 4) is 5.75 Å². The smallest absolute Gasteiger partial charge is 0.421 e. The molecule has 148 valence electrons. The largest absolute Gasteiger partial charge is 0.496 e. The Bertz CT molecular complexity index is 651. The molecule has 0 aliphatic rings. The van der Waals surface area contributed by atoms with E-state index in [1.165, 1.54) is 19.2 Å². The minimum absolute atomic E-state index is 0.0361. The number of halogens is 3. The van der Waals surface area contributed by atoms with Crippen LogP contribution >= 0.6 is 0 Å². The van der Waals surface area contributed by atoms with E-state index in [1.54, 1.807) is 34.0 Å². The molecule has 0 saturated carbocycles. The number of aryl methyl sites for hydroxylation is 1. The number of benzene rings is 1. The summed E-state index contributed by atoms with van der Waals surface area (Å²) in [6.45, 7) is 9.33. The average molecular weight is 374 g/mol. The minimum Gasteiger partial charge on any atom is -0.496 e. The molecule has 4 nitrogen and oxygen atoms in total. The topological polar surface area (TPSA) is 45.1 Å². The number of rotatable bonds is 6. The monoisotopic (exact) mass is 374 g/mol. The predicted octanol–water partition coefficient (Wildman–Crippen LogP) is 4.80. The summed E-state index contributed by atoms with van der Waals surface area (Å²) in [4.78, 5) is 6.14. The Morgan fingerprint density at radius 3 is 2.23 bits per heavy atom. The lowest BCUT2D eigenvalue weighted by Crippen LogP contribution is -2.45. The zero-order valence-corrected chi connectivity index (χ0v) is 16.5. The molecule has 0 amide bonds. The van der Waals surface area contributed by atoms with Crippen LogP contribution in [0.5, 0.6) is 5.75 Å². The fraction of sp³-hybridized carbons (Fsp3) is 0.632. The molecule has 7 heteroatoms. The fourth-order valence-electron chi connectivity index (χ4n) is 2.67. The molecule has 0 heterocycles. The molecule has 0 aliphatic heterocycles. The van der Waals surface area contributed by atoms with Crippen LogP contribution in [0.2, 0.25) is 0 Å². The maximum Gasteiger partial charge on any atom is 0.421 e. The lowest BCUT2D eigenvalue weighted by atomic mass is 9.77. The van der Waals surface area contributed by atoms with Gasteiger partial charge in [-0.1, -0.05) is 20.8 Å². The number of aliphatic hydroxyl groups is 1. The van der Waals surface area contributed by atoms with Crippen LogP contribution in [0.4, 0.5) is 18.9 Å². The van der Waals surface area contributed by atoms with Crippen molar-refractivity contribution >= 4 is 12.0 Å². The van der Waals surface area contributed by atoms with Gasteiger partial charge in [0, 0.05) is 25.2 Å². The van der Waals surface area contributed by atoms with Gasteiger partial charge in [0.25, 0.3) is 0 Å². The Morgan fingerprint density at radius 1 is 1.23 bits per heavy atom. The second kappa shape index (κ2) is 7.86. The van der Waals surface area contributed by atoms with Gasteiger partial charge in [0.1, 0.15) is 5.75 Å². The van der Waals surface area contributed by atoms with Crippen molar-refractivity contribution in [3.63, 3.8) is 0 Å². The summed E-state index contributed by atoms with van der Waals surface area (Å²) in [5, 5.41) is 10.7. The molecule has 0 bridgehead atoms. The van der Waals surface area contributed by atoms with Crippen LogP contribution in [0.3, 0.4) is 0 Å². The van der Waals surface area contributed by atoms with Gasteiger partial charge in [-0.2, -0.15) is 13.2 Å². The number of hydrogen-bond acceptors (Lipinski definition) is 3. The lowest BCUT2D eigenvalue weighted by molar-refractivity contribution is -0.276. The molecule has 1 N–H and O–H groups in total. The van der Waals surface area contributed by atoms with Crippen LogP contribution in [-0.4, -0.2) is 43.2 Å². The molecule has 0 aliphatic carbocycles. The van der Waals surface area contributed by atoms with E-state index in [0.717, 1.165) is 6.54 Å². The highest BCUT2D eigenvalue weighted by atomic mass is 19.4. The number of ether oxygens (including phenoxy) is 1. The third kappa shape index (κ3) is 5.13. The number of nitrogens with zero attached hydrogens (tertiary/aromatic N) is 2. The average Bonchev–Trinajstić information content (AvgIpc) is 2.50. The Morgan fingerprint density at radius 2 is 1.81 bits per heavy atom. The highest BCUT2D eigenvalue weighted by Gasteiger charge is 2.57. The molecular formula is C19H29F3N2O2. The first-order chi connectivity index (χ1) is 11.7. The van der Waals surface area contributed by atoms with Crippen molar-refractivity contribution in [1.29, 1.82) is 0 Å². The zero-order chi connectivity index (χ0) is 20.3. The second-order valence-corrected chi connectivity index (χ2v) is 7.75. The third-order valence-corrected chi connectivity index (χ3v) is 4.11. The highest BCUT2D eigenvalue weighted by molar-refractivity contribution is 5.65. The first kappa shape index (κ1) is 22.3. The van der Waals surface area contributed by atoms with Crippen LogP contribution in [0.25, 0.3) is 0 Å². The predicted molar refractivity (Wildman–Crippen MR) is 98.2 cm³/mol. The van der Waals surface area contributed by atoms with E-state index in [0.29, 0.717) is 11.3 Å². The normalized spacial score (nSPS) is 15.2. The Hall–Kier alpha value is -1.76. The lowest BCUT2D eigenvalue weighted by Gasteiger charge is -2.37. The van der Waals surface area contributed by atoms with Gasteiger partial charge in [-0.25, -0.2) is 4.99 Å². The SMILES string of the molecule is CCN(C)/C=N/c1cc(OC)c(C(O)(CC(C)(C)C)C(F)(F)F)cc1C. The number of alkyl halides is 3. The van der Waals surface area contributed by atoms with Gasteiger partial charge in [0.15, 0.2) is 5.60 Å². The molecule has 1 unspecified atom stereocenters. The molecule has 0 radical (unpaired) electrons. The fourth-order valence-corrected chi connectivity index (χ4v) is 2.67. The summed E-state index contributed by atoms with van der Waals surface area (Å²) in [6.07, 6.45) is -3.72. The Balaban J connectivity index is 3.54. The number of aliphatic imine (C=N–C) groups is 1. The molecule has 1 aromatic carbocycles. The summed E-state index contributed by atoms with van der Waals surface area (Å²) in [5.41, 5.74) is -3.03.